The minimum Gasteiger partial charge on any atom is -0.451 e. The number of terminal acetylenes is 1. The monoisotopic (exact) mass is 402 g/mol. The minimum atomic E-state index is -0.703. The van der Waals surface area contributed by atoms with Gasteiger partial charge in [-0.05, 0) is 65.5 Å². The van der Waals surface area contributed by atoms with Gasteiger partial charge in [0, 0.05) is 11.8 Å². The summed E-state index contributed by atoms with van der Waals surface area (Å²) in [5.74, 6) is 1.69. The summed E-state index contributed by atoms with van der Waals surface area (Å²) in [6.45, 7) is 12.4. The molecule has 1 aliphatic rings. The van der Waals surface area contributed by atoms with Crippen molar-refractivity contribution < 1.29 is 19.2 Å². The van der Waals surface area contributed by atoms with Crippen LogP contribution in [0.15, 0.2) is 16.1 Å². The molecule has 1 unspecified atom stereocenters. The minimum absolute atomic E-state index is 0.360. The fraction of sp³-hybridized carbons (Fsp3) is 0.524. The fourth-order valence-electron chi connectivity index (χ4n) is 2.35. The van der Waals surface area contributed by atoms with Crippen LogP contribution in [0.4, 0.5) is 0 Å². The largest absolute Gasteiger partial charge is 0.451 e. The fourth-order valence-corrected chi connectivity index (χ4v) is 2.99. The third-order valence-electron chi connectivity index (χ3n) is 4.16. The maximum Gasteiger partial charge on any atom is 0.340 e. The second-order valence-corrected chi connectivity index (χ2v) is 9.63. The number of allylic oxidation sites excluding steroid dienone is 1. The number of thiazole rings is 1. The molecule has 0 amide bonds. The normalized spacial score (nSPS) is 18.9. The lowest BCUT2D eigenvalue weighted by Crippen LogP contribution is -2.32. The van der Waals surface area contributed by atoms with Crippen LogP contribution in [0.1, 0.15) is 65.6 Å². The van der Waals surface area contributed by atoms with Crippen LogP contribution in [0.5, 0.6) is 0 Å². The Morgan fingerprint density at radius 1 is 1.21 bits per heavy atom. The van der Waals surface area contributed by atoms with Crippen molar-refractivity contribution in [2.24, 2.45) is 16.0 Å². The molecule has 1 heterocycles. The molecule has 7 heteroatoms. The molecule has 0 aliphatic heterocycles. The molecule has 28 heavy (non-hydrogen) atoms. The van der Waals surface area contributed by atoms with Gasteiger partial charge in [0.05, 0.1) is 16.5 Å². The Balaban J connectivity index is 2.37. The van der Waals surface area contributed by atoms with Crippen LogP contribution in [-0.4, -0.2) is 28.7 Å². The first-order chi connectivity index (χ1) is 12.8. The Morgan fingerprint density at radius 2 is 1.82 bits per heavy atom. The first kappa shape index (κ1) is 21.8. The summed E-state index contributed by atoms with van der Waals surface area (Å²) in [5, 5.41) is 6.48. The molecule has 0 radical (unpaired) electrons. The highest BCUT2D eigenvalue weighted by atomic mass is 32.1. The number of hydrogen-bond donors (Lipinski definition) is 0. The Kier molecular flexibility index (Phi) is 6.15. The maximum absolute atomic E-state index is 12.5. The average molecular weight is 403 g/mol. The zero-order chi connectivity index (χ0) is 21.3. The summed E-state index contributed by atoms with van der Waals surface area (Å²) in [5.41, 5.74) is 1.49. The molecule has 1 atom stereocenters. The molecule has 1 aromatic rings. The molecule has 0 bridgehead atoms. The predicted molar refractivity (Wildman–Crippen MR) is 110 cm³/mol. The number of aromatic nitrogens is 1. The van der Waals surface area contributed by atoms with E-state index in [1.54, 1.807) is 41.5 Å². The van der Waals surface area contributed by atoms with E-state index in [0.29, 0.717) is 17.1 Å². The number of oxime groups is 1. The van der Waals surface area contributed by atoms with Gasteiger partial charge in [0.25, 0.3) is 0 Å². The summed E-state index contributed by atoms with van der Waals surface area (Å²) in [7, 11) is 0. The topological polar surface area (TPSA) is 77.8 Å². The standard InChI is InChI=1S/C21H26N2O4S/c1-9-16-22-15(11-28-16)13-10-14(23-27-19(25)21(6,7)8)17(12(13)2)26-18(24)20(3,4)5/h1,11,17H,10H2,2-8H3/b23-14-. The lowest BCUT2D eigenvalue weighted by Gasteiger charge is -2.22. The lowest BCUT2D eigenvalue weighted by molar-refractivity contribution is -0.154. The lowest BCUT2D eigenvalue weighted by atomic mass is 9.97. The zero-order valence-electron chi connectivity index (χ0n) is 17.4. The van der Waals surface area contributed by atoms with Crippen LogP contribution in [0.2, 0.25) is 0 Å². The molecule has 1 aromatic heterocycles. The molecule has 0 saturated carbocycles. The first-order valence-electron chi connectivity index (χ1n) is 8.96. The van der Waals surface area contributed by atoms with Crippen molar-refractivity contribution in [2.75, 3.05) is 0 Å². The molecular formula is C21H26N2O4S. The van der Waals surface area contributed by atoms with E-state index in [1.165, 1.54) is 11.3 Å². The predicted octanol–water partition coefficient (Wildman–Crippen LogP) is 4.20. The summed E-state index contributed by atoms with van der Waals surface area (Å²) < 4.78 is 5.72. The second-order valence-electron chi connectivity index (χ2n) is 8.77. The third kappa shape index (κ3) is 4.87. The summed E-state index contributed by atoms with van der Waals surface area (Å²) in [6.07, 6.45) is 5.07. The van der Waals surface area contributed by atoms with Crippen LogP contribution in [-0.2, 0) is 19.2 Å². The van der Waals surface area contributed by atoms with Gasteiger partial charge in [-0.25, -0.2) is 9.78 Å². The van der Waals surface area contributed by atoms with Gasteiger partial charge >= 0.3 is 11.9 Å². The van der Waals surface area contributed by atoms with Crippen molar-refractivity contribution in [3.8, 4) is 12.3 Å². The highest BCUT2D eigenvalue weighted by Crippen LogP contribution is 2.36. The van der Waals surface area contributed by atoms with Gasteiger partial charge in [-0.3, -0.25) is 4.79 Å². The van der Waals surface area contributed by atoms with E-state index in [4.69, 9.17) is 16.0 Å². The van der Waals surface area contributed by atoms with E-state index >= 15 is 0 Å². The van der Waals surface area contributed by atoms with Crippen LogP contribution in [0, 0.1) is 23.2 Å². The molecular weight excluding hydrogens is 376 g/mol. The Morgan fingerprint density at radius 3 is 2.32 bits per heavy atom. The number of carbonyl (C=O) groups excluding carboxylic acids is 2. The molecule has 6 nitrogen and oxygen atoms in total. The van der Waals surface area contributed by atoms with E-state index in [-0.39, 0.29) is 5.97 Å². The summed E-state index contributed by atoms with van der Waals surface area (Å²) in [4.78, 5) is 34.1. The number of rotatable bonds is 3. The van der Waals surface area contributed by atoms with Gasteiger partial charge in [-0.15, -0.1) is 17.8 Å². The molecule has 2 rings (SSSR count). The number of carbonyl (C=O) groups is 2. The maximum atomic E-state index is 12.5. The Labute approximate surface area is 170 Å². The van der Waals surface area contributed by atoms with Gasteiger partial charge < -0.3 is 9.57 Å². The Bertz CT molecular complexity index is 889. The van der Waals surface area contributed by atoms with Crippen molar-refractivity contribution in [1.82, 2.24) is 4.98 Å². The summed E-state index contributed by atoms with van der Waals surface area (Å²) >= 11 is 1.37. The highest BCUT2D eigenvalue weighted by molar-refractivity contribution is 7.10. The average Bonchev–Trinajstić information content (AvgIpc) is 3.16. The van der Waals surface area contributed by atoms with Crippen LogP contribution in [0.25, 0.3) is 5.57 Å². The van der Waals surface area contributed by atoms with E-state index in [0.717, 1.165) is 16.8 Å². The molecule has 1 aliphatic carbocycles. The van der Waals surface area contributed by atoms with Crippen molar-refractivity contribution in [3.05, 3.63) is 21.7 Å². The van der Waals surface area contributed by atoms with Gasteiger partial charge in [0.15, 0.2) is 11.1 Å². The number of esters is 1. The van der Waals surface area contributed by atoms with Crippen molar-refractivity contribution in [1.29, 1.82) is 0 Å². The van der Waals surface area contributed by atoms with Gasteiger partial charge in [0.1, 0.15) is 5.71 Å². The van der Waals surface area contributed by atoms with Crippen molar-refractivity contribution in [3.63, 3.8) is 0 Å². The van der Waals surface area contributed by atoms with Gasteiger partial charge in [-0.2, -0.15) is 0 Å². The third-order valence-corrected chi connectivity index (χ3v) is 4.94. The number of ether oxygens (including phenoxy) is 1. The van der Waals surface area contributed by atoms with Gasteiger partial charge in [-0.1, -0.05) is 5.16 Å². The van der Waals surface area contributed by atoms with Crippen LogP contribution >= 0.6 is 11.3 Å². The molecule has 0 saturated heterocycles. The Hall–Kier alpha value is -2.46. The number of hydrogen-bond acceptors (Lipinski definition) is 7. The molecule has 150 valence electrons. The molecule has 0 N–H and O–H groups in total. The van der Waals surface area contributed by atoms with Crippen LogP contribution in [0.3, 0.4) is 0 Å². The zero-order valence-corrected chi connectivity index (χ0v) is 18.2. The smallest absolute Gasteiger partial charge is 0.340 e. The second kappa shape index (κ2) is 7.88. The number of nitrogens with zero attached hydrogens (tertiary/aromatic N) is 2. The SMILES string of the molecule is C#Cc1nc(C2=C(C)C(OC(=O)C(C)(C)C)/C(=N\OC(=O)C(C)(C)C)C2)cs1. The van der Waals surface area contributed by atoms with E-state index in [9.17, 15) is 9.59 Å². The molecule has 0 spiro atoms. The van der Waals surface area contributed by atoms with Crippen molar-refractivity contribution >= 4 is 34.6 Å². The van der Waals surface area contributed by atoms with E-state index in [1.807, 2.05) is 12.3 Å². The summed E-state index contributed by atoms with van der Waals surface area (Å²) in [6, 6.07) is 0. The van der Waals surface area contributed by atoms with E-state index in [2.05, 4.69) is 16.1 Å². The first-order valence-corrected chi connectivity index (χ1v) is 9.84. The highest BCUT2D eigenvalue weighted by Gasteiger charge is 2.37. The van der Waals surface area contributed by atoms with Crippen LogP contribution < -0.4 is 0 Å². The van der Waals surface area contributed by atoms with Crippen molar-refractivity contribution in [2.45, 2.75) is 61.0 Å². The quantitative estimate of drug-likeness (QED) is 0.328. The van der Waals surface area contributed by atoms with E-state index < -0.39 is 22.9 Å². The van der Waals surface area contributed by atoms with Gasteiger partial charge in [0.2, 0.25) is 0 Å². The molecule has 0 aromatic carbocycles. The molecule has 0 fully saturated rings.